The van der Waals surface area contributed by atoms with E-state index in [2.05, 4.69) is 18.2 Å². The number of amides is 1. The number of carbonyl (C=O) groups excluding carboxylic acids is 1. The van der Waals surface area contributed by atoms with Crippen LogP contribution in [0.1, 0.15) is 42.9 Å². The van der Waals surface area contributed by atoms with E-state index in [1.54, 1.807) is 0 Å². The highest BCUT2D eigenvalue weighted by Crippen LogP contribution is 2.40. The van der Waals surface area contributed by atoms with E-state index >= 15 is 0 Å². The number of rotatable bonds is 5. The Morgan fingerprint density at radius 1 is 1.30 bits per heavy atom. The van der Waals surface area contributed by atoms with Crippen molar-refractivity contribution in [2.45, 2.75) is 43.7 Å². The van der Waals surface area contributed by atoms with Gasteiger partial charge in [-0.15, -0.1) is 0 Å². The molecule has 0 heterocycles. The lowest BCUT2D eigenvalue weighted by Crippen LogP contribution is -2.57. The van der Waals surface area contributed by atoms with Gasteiger partial charge in [0.2, 0.25) is 5.91 Å². The molecule has 4 nitrogen and oxygen atoms in total. The third-order valence-corrected chi connectivity index (χ3v) is 4.60. The molecular formula is C16H22N2O2. The molecule has 3 rings (SSSR count). The molecule has 0 saturated heterocycles. The Morgan fingerprint density at radius 2 is 2.05 bits per heavy atom. The number of aryl methyl sites for hydroxylation is 1. The Balaban J connectivity index is 1.71. The first kappa shape index (κ1) is 13.6. The van der Waals surface area contributed by atoms with Crippen LogP contribution in [0.3, 0.4) is 0 Å². The van der Waals surface area contributed by atoms with Gasteiger partial charge in [-0.05, 0) is 49.1 Å². The molecule has 1 amide bonds. The van der Waals surface area contributed by atoms with Crippen molar-refractivity contribution in [2.24, 2.45) is 17.4 Å². The summed E-state index contributed by atoms with van der Waals surface area (Å²) in [5.74, 6) is -0.247. The number of primary amides is 1. The maximum atomic E-state index is 11.6. The number of hydrogen-bond acceptors (Lipinski definition) is 3. The fourth-order valence-electron chi connectivity index (χ4n) is 3.11. The zero-order valence-corrected chi connectivity index (χ0v) is 11.7. The predicted molar refractivity (Wildman–Crippen MR) is 76.9 cm³/mol. The highest BCUT2D eigenvalue weighted by Gasteiger charge is 2.47. The first-order chi connectivity index (χ1) is 9.61. The molecule has 4 heteroatoms. The zero-order chi connectivity index (χ0) is 14.2. The number of benzene rings is 1. The van der Waals surface area contributed by atoms with Crippen LogP contribution in [0.5, 0.6) is 0 Å². The van der Waals surface area contributed by atoms with Gasteiger partial charge in [-0.3, -0.25) is 4.79 Å². The van der Waals surface area contributed by atoms with E-state index in [1.807, 2.05) is 6.07 Å². The third kappa shape index (κ3) is 2.45. The van der Waals surface area contributed by atoms with Crippen LogP contribution < -0.4 is 11.5 Å². The first-order valence-electron chi connectivity index (χ1n) is 7.39. The highest BCUT2D eigenvalue weighted by atomic mass is 16.5. The van der Waals surface area contributed by atoms with E-state index in [1.165, 1.54) is 11.1 Å². The van der Waals surface area contributed by atoms with Crippen LogP contribution in [-0.4, -0.2) is 18.1 Å². The molecule has 0 aliphatic heterocycles. The number of fused-ring (bicyclic) bond motifs is 1. The van der Waals surface area contributed by atoms with E-state index in [4.69, 9.17) is 16.2 Å². The van der Waals surface area contributed by atoms with Crippen LogP contribution in [0.4, 0.5) is 0 Å². The van der Waals surface area contributed by atoms with Crippen molar-refractivity contribution in [1.29, 1.82) is 0 Å². The van der Waals surface area contributed by atoms with Crippen LogP contribution in [0.15, 0.2) is 24.3 Å². The van der Waals surface area contributed by atoms with E-state index in [0.717, 1.165) is 32.1 Å². The second-order valence-corrected chi connectivity index (χ2v) is 6.07. The van der Waals surface area contributed by atoms with Crippen molar-refractivity contribution in [1.82, 2.24) is 0 Å². The summed E-state index contributed by atoms with van der Waals surface area (Å²) >= 11 is 0. The van der Waals surface area contributed by atoms with Crippen LogP contribution in [0.25, 0.3) is 0 Å². The van der Waals surface area contributed by atoms with E-state index in [9.17, 15) is 4.79 Å². The summed E-state index contributed by atoms with van der Waals surface area (Å²) in [7, 11) is 0. The Labute approximate surface area is 119 Å². The predicted octanol–water partition coefficient (Wildman–Crippen LogP) is 1.67. The Bertz CT molecular complexity index is 513. The molecule has 4 N–H and O–H groups in total. The third-order valence-electron chi connectivity index (χ3n) is 4.60. The second-order valence-electron chi connectivity index (χ2n) is 6.07. The van der Waals surface area contributed by atoms with Gasteiger partial charge < -0.3 is 16.2 Å². The lowest BCUT2D eigenvalue weighted by Gasteiger charge is -2.31. The van der Waals surface area contributed by atoms with Crippen LogP contribution >= 0.6 is 0 Å². The summed E-state index contributed by atoms with van der Waals surface area (Å²) in [5, 5.41) is 0. The van der Waals surface area contributed by atoms with Gasteiger partial charge in [0.25, 0.3) is 0 Å². The molecule has 0 bridgehead atoms. The smallest absolute Gasteiger partial charge is 0.240 e. The summed E-state index contributed by atoms with van der Waals surface area (Å²) in [6, 6.07) is 8.35. The summed E-state index contributed by atoms with van der Waals surface area (Å²) in [6.07, 6.45) is 5.19. The van der Waals surface area contributed by atoms with Crippen molar-refractivity contribution in [3.63, 3.8) is 0 Å². The molecule has 2 unspecified atom stereocenters. The van der Waals surface area contributed by atoms with Gasteiger partial charge in [0, 0.05) is 0 Å². The molecule has 20 heavy (non-hydrogen) atoms. The molecule has 1 aromatic carbocycles. The summed E-state index contributed by atoms with van der Waals surface area (Å²) < 4.78 is 6.01. The van der Waals surface area contributed by atoms with E-state index in [-0.39, 0.29) is 18.6 Å². The lowest BCUT2D eigenvalue weighted by atomic mass is 9.89. The molecule has 108 valence electrons. The number of hydrogen-bond donors (Lipinski definition) is 2. The molecular weight excluding hydrogens is 252 g/mol. The summed E-state index contributed by atoms with van der Waals surface area (Å²) in [4.78, 5) is 11.6. The molecule has 2 aliphatic rings. The molecule has 1 saturated carbocycles. The van der Waals surface area contributed by atoms with Crippen molar-refractivity contribution in [2.75, 3.05) is 6.61 Å². The first-order valence-corrected chi connectivity index (χ1v) is 7.39. The Morgan fingerprint density at radius 3 is 2.75 bits per heavy atom. The van der Waals surface area contributed by atoms with Gasteiger partial charge >= 0.3 is 0 Å². The Kier molecular flexibility index (Phi) is 3.52. The normalized spacial score (nSPS) is 24.8. The molecule has 0 radical (unpaired) electrons. The fourth-order valence-corrected chi connectivity index (χ4v) is 3.11. The van der Waals surface area contributed by atoms with Gasteiger partial charge in [-0.25, -0.2) is 0 Å². The molecule has 1 fully saturated rings. The standard InChI is InChI=1S/C16H22N2O2/c17-15(19)16(18,12-8-9-12)10-20-14-7-3-5-11-4-1-2-6-13(11)14/h1-2,4,6,12,14H,3,5,7-10,18H2,(H2,17,19). The minimum Gasteiger partial charge on any atom is -0.371 e. The number of ether oxygens (including phenoxy) is 1. The summed E-state index contributed by atoms with van der Waals surface area (Å²) in [6.45, 7) is 0.228. The number of carbonyl (C=O) groups is 1. The molecule has 2 atom stereocenters. The maximum Gasteiger partial charge on any atom is 0.240 e. The topological polar surface area (TPSA) is 78.3 Å². The van der Waals surface area contributed by atoms with E-state index in [0.29, 0.717) is 0 Å². The van der Waals surface area contributed by atoms with Gasteiger partial charge in [0.1, 0.15) is 5.54 Å². The molecule has 0 aromatic heterocycles. The van der Waals surface area contributed by atoms with Crippen molar-refractivity contribution in [3.8, 4) is 0 Å². The molecule has 2 aliphatic carbocycles. The van der Waals surface area contributed by atoms with Crippen LogP contribution in [0, 0.1) is 5.92 Å². The van der Waals surface area contributed by atoms with Crippen molar-refractivity contribution >= 4 is 5.91 Å². The largest absolute Gasteiger partial charge is 0.371 e. The minimum absolute atomic E-state index is 0.0426. The van der Waals surface area contributed by atoms with Gasteiger partial charge in [0.05, 0.1) is 12.7 Å². The number of nitrogens with two attached hydrogens (primary N) is 2. The molecule has 1 aromatic rings. The zero-order valence-electron chi connectivity index (χ0n) is 11.7. The van der Waals surface area contributed by atoms with E-state index < -0.39 is 11.4 Å². The fraction of sp³-hybridized carbons (Fsp3) is 0.562. The quantitative estimate of drug-likeness (QED) is 0.857. The average Bonchev–Trinajstić information content (AvgIpc) is 3.29. The van der Waals surface area contributed by atoms with Gasteiger partial charge in [0.15, 0.2) is 0 Å². The van der Waals surface area contributed by atoms with Crippen molar-refractivity contribution in [3.05, 3.63) is 35.4 Å². The second kappa shape index (κ2) is 5.19. The highest BCUT2D eigenvalue weighted by molar-refractivity contribution is 5.85. The SMILES string of the molecule is NC(=O)C(N)(COC1CCCc2ccccc21)C1CC1. The molecule has 0 spiro atoms. The lowest BCUT2D eigenvalue weighted by molar-refractivity contribution is -0.127. The van der Waals surface area contributed by atoms with Gasteiger partial charge in [-0.1, -0.05) is 24.3 Å². The van der Waals surface area contributed by atoms with Gasteiger partial charge in [-0.2, -0.15) is 0 Å². The minimum atomic E-state index is -0.994. The average molecular weight is 274 g/mol. The Hall–Kier alpha value is -1.39. The summed E-state index contributed by atoms with van der Waals surface area (Å²) in [5.41, 5.74) is 13.2. The van der Waals surface area contributed by atoms with Crippen LogP contribution in [0.2, 0.25) is 0 Å². The van der Waals surface area contributed by atoms with Crippen LogP contribution in [-0.2, 0) is 16.0 Å². The maximum absolute atomic E-state index is 11.6. The monoisotopic (exact) mass is 274 g/mol. The van der Waals surface area contributed by atoms with Crippen molar-refractivity contribution < 1.29 is 9.53 Å².